The third-order valence-corrected chi connectivity index (χ3v) is 3.10. The summed E-state index contributed by atoms with van der Waals surface area (Å²) in [6.07, 6.45) is 10.6. The highest BCUT2D eigenvalue weighted by Crippen LogP contribution is 2.28. The largest absolute Gasteiger partial charge is 0.288 e. The smallest absolute Gasteiger partial charge is 0.259 e. The van der Waals surface area contributed by atoms with Gasteiger partial charge in [0, 0.05) is 0 Å². The van der Waals surface area contributed by atoms with Gasteiger partial charge in [-0.2, -0.15) is 0 Å². The Kier molecular flexibility index (Phi) is 2.45. The van der Waals surface area contributed by atoms with Gasteiger partial charge in [-0.15, -0.1) is 0 Å². The fourth-order valence-corrected chi connectivity index (χ4v) is 2.26. The second-order valence-corrected chi connectivity index (χ2v) is 4.22. The Morgan fingerprint density at radius 1 is 0.944 bits per heavy atom. The molecule has 2 aliphatic rings. The van der Waals surface area contributed by atoms with Gasteiger partial charge in [0.05, 0.1) is 11.1 Å². The predicted molar refractivity (Wildman–Crippen MR) is 69.1 cm³/mol. The summed E-state index contributed by atoms with van der Waals surface area (Å²) in [6.45, 7) is 0. The van der Waals surface area contributed by atoms with Gasteiger partial charge in [-0.25, -0.2) is 0 Å². The van der Waals surface area contributed by atoms with Gasteiger partial charge in [-0.1, -0.05) is 42.5 Å². The van der Waals surface area contributed by atoms with E-state index >= 15 is 0 Å². The van der Waals surface area contributed by atoms with Crippen LogP contribution in [-0.4, -0.2) is 11.8 Å². The number of carbonyl (C=O) groups is 2. The van der Waals surface area contributed by atoms with Gasteiger partial charge in [-0.3, -0.25) is 14.9 Å². The van der Waals surface area contributed by atoms with Crippen LogP contribution in [0.15, 0.2) is 48.6 Å². The van der Waals surface area contributed by atoms with E-state index in [1.54, 1.807) is 6.07 Å². The van der Waals surface area contributed by atoms with Crippen molar-refractivity contribution >= 4 is 17.4 Å². The Bertz CT molecular complexity index is 636. The molecule has 3 nitrogen and oxygen atoms in total. The minimum Gasteiger partial charge on any atom is -0.288 e. The molecule has 0 unspecified atom stereocenters. The highest BCUT2D eigenvalue weighted by molar-refractivity contribution is 6.23. The molecule has 1 aliphatic heterocycles. The van der Waals surface area contributed by atoms with Gasteiger partial charge < -0.3 is 0 Å². The van der Waals surface area contributed by atoms with Crippen molar-refractivity contribution in [3.8, 4) is 0 Å². The quantitative estimate of drug-likeness (QED) is 0.763. The third kappa shape index (κ3) is 1.61. The van der Waals surface area contributed by atoms with Crippen LogP contribution in [-0.2, 0) is 0 Å². The molecule has 0 saturated heterocycles. The highest BCUT2D eigenvalue weighted by Gasteiger charge is 2.29. The van der Waals surface area contributed by atoms with Gasteiger partial charge in [0.25, 0.3) is 11.8 Å². The molecule has 0 atom stereocenters. The van der Waals surface area contributed by atoms with Crippen LogP contribution >= 0.6 is 0 Å². The number of benzene rings is 1. The van der Waals surface area contributed by atoms with E-state index in [1.807, 2.05) is 42.5 Å². The van der Waals surface area contributed by atoms with Crippen LogP contribution < -0.4 is 5.32 Å². The lowest BCUT2D eigenvalue weighted by atomic mass is 9.94. The lowest BCUT2D eigenvalue weighted by Gasteiger charge is -2.08. The minimum atomic E-state index is -0.308. The van der Waals surface area contributed by atoms with Crippen molar-refractivity contribution in [1.82, 2.24) is 5.32 Å². The fourth-order valence-electron chi connectivity index (χ4n) is 2.26. The molecule has 1 aromatic carbocycles. The molecule has 0 saturated carbocycles. The lowest BCUT2D eigenvalue weighted by Crippen LogP contribution is -2.20. The number of allylic oxidation sites excluding steroid dienone is 6. The topological polar surface area (TPSA) is 46.2 Å². The maximum atomic E-state index is 11.8. The molecule has 3 heteroatoms. The molecule has 0 bridgehead atoms. The molecule has 18 heavy (non-hydrogen) atoms. The first-order valence-electron chi connectivity index (χ1n) is 5.79. The molecule has 0 spiro atoms. The van der Waals surface area contributed by atoms with Gasteiger partial charge >= 0.3 is 0 Å². The Morgan fingerprint density at radius 2 is 1.78 bits per heavy atom. The van der Waals surface area contributed by atoms with E-state index < -0.39 is 0 Å². The normalized spacial score (nSPS) is 17.2. The van der Waals surface area contributed by atoms with E-state index in [-0.39, 0.29) is 11.8 Å². The summed E-state index contributed by atoms with van der Waals surface area (Å²) in [5, 5.41) is 2.34. The van der Waals surface area contributed by atoms with Crippen LogP contribution in [0.25, 0.3) is 5.57 Å². The maximum Gasteiger partial charge on any atom is 0.259 e. The number of hydrogen-bond acceptors (Lipinski definition) is 2. The Balaban J connectivity index is 2.17. The van der Waals surface area contributed by atoms with E-state index in [9.17, 15) is 9.59 Å². The van der Waals surface area contributed by atoms with E-state index in [4.69, 9.17) is 0 Å². The second-order valence-electron chi connectivity index (χ2n) is 4.22. The van der Waals surface area contributed by atoms with Crippen molar-refractivity contribution in [2.75, 3.05) is 0 Å². The molecule has 1 N–H and O–H groups in total. The van der Waals surface area contributed by atoms with Crippen LogP contribution in [0, 0.1) is 0 Å². The van der Waals surface area contributed by atoms with E-state index in [2.05, 4.69) is 5.32 Å². The van der Waals surface area contributed by atoms with Crippen LogP contribution in [0.5, 0.6) is 0 Å². The van der Waals surface area contributed by atoms with E-state index in [0.29, 0.717) is 11.1 Å². The standard InChI is InChI=1S/C15H11NO2/c17-14-12-9-5-8-11(13(12)15(18)16-14)10-6-3-1-2-4-7-10/h1-6,8-9H,7H2,(H,16,17,18). The first-order valence-corrected chi connectivity index (χ1v) is 5.79. The van der Waals surface area contributed by atoms with Crippen molar-refractivity contribution in [2.45, 2.75) is 6.42 Å². The fraction of sp³-hybridized carbons (Fsp3) is 0.0667. The average Bonchev–Trinajstić information content (AvgIpc) is 2.61. The minimum absolute atomic E-state index is 0.302. The molecule has 0 aromatic heterocycles. The lowest BCUT2D eigenvalue weighted by molar-refractivity contribution is 0.0879. The van der Waals surface area contributed by atoms with Crippen LogP contribution in [0.4, 0.5) is 0 Å². The van der Waals surface area contributed by atoms with E-state index in [0.717, 1.165) is 17.6 Å². The molecule has 0 radical (unpaired) electrons. The summed E-state index contributed by atoms with van der Waals surface area (Å²) >= 11 is 0. The van der Waals surface area contributed by atoms with Crippen molar-refractivity contribution in [3.63, 3.8) is 0 Å². The Morgan fingerprint density at radius 3 is 2.67 bits per heavy atom. The average molecular weight is 237 g/mol. The molecule has 0 fully saturated rings. The number of rotatable bonds is 1. The summed E-state index contributed by atoms with van der Waals surface area (Å²) in [4.78, 5) is 23.4. The highest BCUT2D eigenvalue weighted by atomic mass is 16.2. The zero-order valence-corrected chi connectivity index (χ0v) is 9.64. The van der Waals surface area contributed by atoms with Crippen LogP contribution in [0.2, 0.25) is 0 Å². The summed E-state index contributed by atoms with van der Waals surface area (Å²) in [5.41, 5.74) is 2.85. The molecular weight excluding hydrogens is 226 g/mol. The number of fused-ring (bicyclic) bond motifs is 1. The van der Waals surface area contributed by atoms with E-state index in [1.165, 1.54) is 0 Å². The number of hydrogen-bond donors (Lipinski definition) is 1. The number of nitrogens with one attached hydrogen (secondary N) is 1. The van der Waals surface area contributed by atoms with Crippen LogP contribution in [0.1, 0.15) is 32.7 Å². The number of amides is 2. The summed E-state index contributed by atoms with van der Waals surface area (Å²) < 4.78 is 0. The zero-order chi connectivity index (χ0) is 12.5. The molecule has 1 aromatic rings. The Labute approximate surface area is 105 Å². The summed E-state index contributed by atoms with van der Waals surface area (Å²) in [6, 6.07) is 5.38. The molecule has 3 rings (SSSR count). The van der Waals surface area contributed by atoms with Crippen molar-refractivity contribution in [1.29, 1.82) is 0 Å². The Hall–Kier alpha value is -2.42. The third-order valence-electron chi connectivity index (χ3n) is 3.10. The van der Waals surface area contributed by atoms with Crippen molar-refractivity contribution < 1.29 is 9.59 Å². The monoisotopic (exact) mass is 237 g/mol. The SMILES string of the molecule is O=C1NC(=O)c2c1cccc2C1=CC=CC=CC1. The first-order chi connectivity index (χ1) is 8.77. The van der Waals surface area contributed by atoms with Gasteiger partial charge in [0.15, 0.2) is 0 Å². The summed E-state index contributed by atoms with van der Waals surface area (Å²) in [5.74, 6) is -0.610. The second kappa shape index (κ2) is 4.11. The maximum absolute atomic E-state index is 11.8. The number of carbonyl (C=O) groups excluding carboxylic acids is 2. The molecular formula is C15H11NO2. The molecule has 1 aliphatic carbocycles. The molecule has 1 heterocycles. The van der Waals surface area contributed by atoms with Gasteiger partial charge in [0.2, 0.25) is 0 Å². The van der Waals surface area contributed by atoms with Crippen molar-refractivity contribution in [3.05, 3.63) is 65.3 Å². The summed E-state index contributed by atoms with van der Waals surface area (Å²) in [7, 11) is 0. The zero-order valence-electron chi connectivity index (χ0n) is 9.64. The van der Waals surface area contributed by atoms with Crippen LogP contribution in [0.3, 0.4) is 0 Å². The molecule has 2 amide bonds. The van der Waals surface area contributed by atoms with Gasteiger partial charge in [0.1, 0.15) is 0 Å². The first kappa shape index (κ1) is 10.7. The van der Waals surface area contributed by atoms with Gasteiger partial charge in [-0.05, 0) is 23.6 Å². The number of imide groups is 1. The predicted octanol–water partition coefficient (Wildman–Crippen LogP) is 2.47. The van der Waals surface area contributed by atoms with Crippen molar-refractivity contribution in [2.24, 2.45) is 0 Å². The molecule has 88 valence electrons.